The molecular weight excluding hydrogens is 333 g/mol. The molecule has 0 spiro atoms. The van der Waals surface area contributed by atoms with E-state index in [0.717, 1.165) is 10.8 Å². The van der Waals surface area contributed by atoms with Crippen LogP contribution in [0, 0.1) is 0 Å². The molecule has 0 saturated carbocycles. The molecule has 0 aliphatic rings. The van der Waals surface area contributed by atoms with Gasteiger partial charge in [0, 0.05) is 5.56 Å². The standard InChI is InChI=1S/C11H9NO.C7H4Cl2O/c12-11(13)10-7-3-5-8-4-1-2-6-9(8)10;8-6-4-2-1-3-5(6)7(9)10/h1-7H,(H2,12,13);1-4H. The van der Waals surface area contributed by atoms with Gasteiger partial charge in [-0.3, -0.25) is 9.59 Å². The maximum absolute atomic E-state index is 11.0. The molecule has 0 saturated heterocycles. The Balaban J connectivity index is 0.000000174. The quantitative estimate of drug-likeness (QED) is 0.686. The lowest BCUT2D eigenvalue weighted by molar-refractivity contribution is 0.100. The molecule has 23 heavy (non-hydrogen) atoms. The molecule has 0 atom stereocenters. The molecule has 3 aromatic rings. The van der Waals surface area contributed by atoms with Crippen molar-refractivity contribution in [2.24, 2.45) is 5.73 Å². The summed E-state index contributed by atoms with van der Waals surface area (Å²) in [7, 11) is 0. The average molecular weight is 346 g/mol. The van der Waals surface area contributed by atoms with Crippen LogP contribution in [0.1, 0.15) is 20.7 Å². The van der Waals surface area contributed by atoms with Gasteiger partial charge in [0.1, 0.15) is 0 Å². The number of hydrogen-bond donors (Lipinski definition) is 1. The molecule has 3 aromatic carbocycles. The summed E-state index contributed by atoms with van der Waals surface area (Å²) < 4.78 is 0. The lowest BCUT2D eigenvalue weighted by Crippen LogP contribution is -2.11. The predicted molar refractivity (Wildman–Crippen MR) is 94.1 cm³/mol. The SMILES string of the molecule is NC(=O)c1cccc2ccccc12.O=C(Cl)c1ccccc1Cl. The van der Waals surface area contributed by atoms with Crippen molar-refractivity contribution in [3.05, 3.63) is 82.9 Å². The lowest BCUT2D eigenvalue weighted by atomic mass is 10.0. The highest BCUT2D eigenvalue weighted by atomic mass is 35.5. The van der Waals surface area contributed by atoms with E-state index in [9.17, 15) is 9.59 Å². The maximum Gasteiger partial charge on any atom is 0.253 e. The predicted octanol–water partition coefficient (Wildman–Crippen LogP) is 4.66. The minimum Gasteiger partial charge on any atom is -0.366 e. The highest BCUT2D eigenvalue weighted by Crippen LogP contribution is 2.17. The van der Waals surface area contributed by atoms with Crippen LogP contribution in [0.3, 0.4) is 0 Å². The molecule has 2 N–H and O–H groups in total. The first-order valence-corrected chi connectivity index (χ1v) is 7.48. The molecule has 0 aliphatic carbocycles. The second kappa shape index (κ2) is 7.77. The zero-order chi connectivity index (χ0) is 16.8. The molecule has 0 bridgehead atoms. The first-order valence-electron chi connectivity index (χ1n) is 6.72. The fourth-order valence-corrected chi connectivity index (χ4v) is 2.50. The van der Waals surface area contributed by atoms with E-state index >= 15 is 0 Å². The molecule has 3 rings (SSSR count). The molecule has 0 radical (unpaired) electrons. The molecule has 3 nitrogen and oxygen atoms in total. The molecule has 0 aromatic heterocycles. The zero-order valence-corrected chi connectivity index (χ0v) is 13.5. The van der Waals surface area contributed by atoms with E-state index < -0.39 is 5.24 Å². The summed E-state index contributed by atoms with van der Waals surface area (Å²) in [5.41, 5.74) is 6.18. The zero-order valence-electron chi connectivity index (χ0n) is 12.0. The lowest BCUT2D eigenvalue weighted by Gasteiger charge is -2.01. The van der Waals surface area contributed by atoms with Crippen molar-refractivity contribution in [2.75, 3.05) is 0 Å². The number of benzene rings is 3. The summed E-state index contributed by atoms with van der Waals surface area (Å²) >= 11 is 10.8. The van der Waals surface area contributed by atoms with Crippen LogP contribution < -0.4 is 5.73 Å². The Bertz CT molecular complexity index is 857. The van der Waals surface area contributed by atoms with Crippen molar-refractivity contribution in [3.63, 3.8) is 0 Å². The number of nitrogens with two attached hydrogens (primary N) is 1. The van der Waals surface area contributed by atoms with Gasteiger partial charge in [-0.05, 0) is 40.6 Å². The largest absolute Gasteiger partial charge is 0.366 e. The van der Waals surface area contributed by atoms with Crippen LogP contribution in [0.5, 0.6) is 0 Å². The van der Waals surface area contributed by atoms with Crippen LogP contribution in [0.2, 0.25) is 5.02 Å². The van der Waals surface area contributed by atoms with Crippen LogP contribution in [0.15, 0.2) is 66.7 Å². The fraction of sp³-hybridized carbons (Fsp3) is 0. The Morgan fingerprint density at radius 3 is 1.96 bits per heavy atom. The molecule has 1 amide bonds. The van der Waals surface area contributed by atoms with Gasteiger partial charge in [0.15, 0.2) is 0 Å². The van der Waals surface area contributed by atoms with E-state index in [4.69, 9.17) is 28.9 Å². The topological polar surface area (TPSA) is 60.2 Å². The maximum atomic E-state index is 11.0. The van der Waals surface area contributed by atoms with E-state index in [2.05, 4.69) is 0 Å². The number of primary amides is 1. The van der Waals surface area contributed by atoms with Gasteiger partial charge in [-0.25, -0.2) is 0 Å². The number of rotatable bonds is 2. The minimum atomic E-state index is -0.523. The average Bonchev–Trinajstić information content (AvgIpc) is 2.55. The van der Waals surface area contributed by atoms with Gasteiger partial charge in [0.25, 0.3) is 5.24 Å². The van der Waals surface area contributed by atoms with Gasteiger partial charge in [0.2, 0.25) is 5.91 Å². The third-order valence-corrected chi connectivity index (χ3v) is 3.67. The molecule has 0 unspecified atom stereocenters. The van der Waals surface area contributed by atoms with Gasteiger partial charge < -0.3 is 5.73 Å². The van der Waals surface area contributed by atoms with Crippen LogP contribution >= 0.6 is 23.2 Å². The normalized spacial score (nSPS) is 9.83. The first-order chi connectivity index (χ1) is 11.0. The number of hydrogen-bond acceptors (Lipinski definition) is 2. The van der Waals surface area contributed by atoms with Crippen molar-refractivity contribution < 1.29 is 9.59 Å². The van der Waals surface area contributed by atoms with Crippen LogP contribution in [0.25, 0.3) is 10.8 Å². The van der Waals surface area contributed by atoms with Crippen LogP contribution in [-0.2, 0) is 0 Å². The second-order valence-electron chi connectivity index (χ2n) is 4.64. The van der Waals surface area contributed by atoms with Gasteiger partial charge in [-0.15, -0.1) is 0 Å². The van der Waals surface area contributed by atoms with Gasteiger partial charge >= 0.3 is 0 Å². The van der Waals surface area contributed by atoms with Crippen molar-refractivity contribution in [2.45, 2.75) is 0 Å². The molecule has 0 aliphatic heterocycles. The third kappa shape index (κ3) is 4.31. The van der Waals surface area contributed by atoms with Gasteiger partial charge in [0.05, 0.1) is 10.6 Å². The van der Waals surface area contributed by atoms with E-state index in [1.165, 1.54) is 0 Å². The Morgan fingerprint density at radius 2 is 1.35 bits per heavy atom. The van der Waals surface area contributed by atoms with Crippen molar-refractivity contribution in [3.8, 4) is 0 Å². The van der Waals surface area contributed by atoms with Crippen molar-refractivity contribution in [1.29, 1.82) is 0 Å². The second-order valence-corrected chi connectivity index (χ2v) is 5.39. The number of fused-ring (bicyclic) bond motifs is 1. The summed E-state index contributed by atoms with van der Waals surface area (Å²) in [6.45, 7) is 0. The highest BCUT2D eigenvalue weighted by Gasteiger charge is 2.04. The van der Waals surface area contributed by atoms with Crippen molar-refractivity contribution in [1.82, 2.24) is 0 Å². The number of amides is 1. The van der Waals surface area contributed by atoms with E-state index in [1.807, 2.05) is 36.4 Å². The summed E-state index contributed by atoms with van der Waals surface area (Å²) in [6, 6.07) is 19.9. The Hall–Kier alpha value is -2.36. The molecular formula is C18H13Cl2NO2. The van der Waals surface area contributed by atoms with E-state index in [-0.39, 0.29) is 5.91 Å². The fourth-order valence-electron chi connectivity index (χ4n) is 2.06. The smallest absolute Gasteiger partial charge is 0.253 e. The molecule has 5 heteroatoms. The third-order valence-electron chi connectivity index (χ3n) is 3.14. The van der Waals surface area contributed by atoms with Crippen molar-refractivity contribution >= 4 is 45.1 Å². The Morgan fingerprint density at radius 1 is 0.783 bits per heavy atom. The van der Waals surface area contributed by atoms with E-state index in [1.54, 1.807) is 30.3 Å². The number of carbonyl (C=O) groups is 2. The Labute approximate surface area is 143 Å². The number of halogens is 2. The molecule has 116 valence electrons. The highest BCUT2D eigenvalue weighted by molar-refractivity contribution is 6.68. The first kappa shape index (κ1) is 17.0. The summed E-state index contributed by atoms with van der Waals surface area (Å²) in [5, 5.41) is 1.82. The minimum absolute atomic E-state index is 0.353. The monoisotopic (exact) mass is 345 g/mol. The Kier molecular flexibility index (Phi) is 5.74. The van der Waals surface area contributed by atoms with Gasteiger partial charge in [-0.2, -0.15) is 0 Å². The van der Waals surface area contributed by atoms with Crippen LogP contribution in [-0.4, -0.2) is 11.1 Å². The molecule has 0 heterocycles. The van der Waals surface area contributed by atoms with E-state index in [0.29, 0.717) is 16.1 Å². The summed E-state index contributed by atoms with van der Waals surface area (Å²) in [6.07, 6.45) is 0. The number of carbonyl (C=O) groups excluding carboxylic acids is 2. The molecule has 0 fully saturated rings. The summed E-state index contributed by atoms with van der Waals surface area (Å²) in [4.78, 5) is 21.6. The van der Waals surface area contributed by atoms with Crippen LogP contribution in [0.4, 0.5) is 0 Å². The van der Waals surface area contributed by atoms with Gasteiger partial charge in [-0.1, -0.05) is 60.1 Å². The summed E-state index contributed by atoms with van der Waals surface area (Å²) in [5.74, 6) is -0.378.